The van der Waals surface area contributed by atoms with Gasteiger partial charge in [-0.2, -0.15) is 0 Å². The lowest BCUT2D eigenvalue weighted by Gasteiger charge is -2.13. The molecule has 1 aliphatic rings. The standard InChI is InChI=1S/C16H19NOS.C8H15NO.C4H10.C2H6/c1-4-5-10-19-16(13(2)3)15-8-6-14(7-9-15)11-17-12-18;1-2-5-8(10)9-6-3-4-7-9;1-4(2)3;1-2/h6-9,12H,4,11H2,1-3H3,(H,17,18);2-7H2,1H3;4H,1-3H3;1-2H3. The second kappa shape index (κ2) is 23.5. The third-order valence-corrected chi connectivity index (χ3v) is 5.48. The molecule has 0 aromatic heterocycles. The lowest BCUT2D eigenvalue weighted by molar-refractivity contribution is -0.130. The minimum absolute atomic E-state index is 0.347. The fourth-order valence-electron chi connectivity index (χ4n) is 2.88. The van der Waals surface area contributed by atoms with Crippen molar-refractivity contribution in [2.45, 2.75) is 101 Å². The average Bonchev–Trinajstić information content (AvgIpc) is 3.38. The van der Waals surface area contributed by atoms with Gasteiger partial charge in [0.15, 0.2) is 0 Å². The van der Waals surface area contributed by atoms with E-state index < -0.39 is 0 Å². The van der Waals surface area contributed by atoms with Gasteiger partial charge in [-0.05, 0) is 67.2 Å². The van der Waals surface area contributed by atoms with Crippen LogP contribution >= 0.6 is 11.8 Å². The smallest absolute Gasteiger partial charge is 0.222 e. The van der Waals surface area contributed by atoms with Crippen molar-refractivity contribution in [3.05, 3.63) is 41.0 Å². The van der Waals surface area contributed by atoms with E-state index in [4.69, 9.17) is 0 Å². The number of benzene rings is 1. The molecular weight excluding hydrogens is 452 g/mol. The number of nitrogens with zero attached hydrogens (tertiary/aromatic N) is 1. The number of allylic oxidation sites excluding steroid dienone is 1. The fourth-order valence-corrected chi connectivity index (χ4v) is 3.66. The largest absolute Gasteiger partial charge is 0.355 e. The molecule has 0 atom stereocenters. The Morgan fingerprint density at radius 2 is 1.63 bits per heavy atom. The number of carbonyl (C=O) groups is 2. The normalized spacial score (nSPS) is 11.3. The molecule has 1 N–H and O–H groups in total. The Kier molecular flexibility index (Phi) is 23.5. The Bertz CT molecular complexity index is 761. The number of nitrogens with one attached hydrogen (secondary N) is 1. The maximum atomic E-state index is 11.2. The predicted molar refractivity (Wildman–Crippen MR) is 156 cm³/mol. The molecular formula is C30H50N2O2S. The molecule has 0 radical (unpaired) electrons. The van der Waals surface area contributed by atoms with Crippen molar-refractivity contribution in [3.63, 3.8) is 0 Å². The van der Waals surface area contributed by atoms with Crippen molar-refractivity contribution in [3.8, 4) is 11.2 Å². The van der Waals surface area contributed by atoms with Gasteiger partial charge in [-0.25, -0.2) is 0 Å². The highest BCUT2D eigenvalue weighted by Crippen LogP contribution is 2.30. The highest BCUT2D eigenvalue weighted by atomic mass is 32.2. The number of hydrogen-bond donors (Lipinski definition) is 1. The minimum Gasteiger partial charge on any atom is -0.355 e. The molecule has 0 bridgehead atoms. The molecule has 1 aromatic rings. The van der Waals surface area contributed by atoms with Gasteiger partial charge in [-0.1, -0.05) is 84.2 Å². The van der Waals surface area contributed by atoms with E-state index in [1.54, 1.807) is 11.8 Å². The summed E-state index contributed by atoms with van der Waals surface area (Å²) >= 11 is 1.58. The highest BCUT2D eigenvalue weighted by Gasteiger charge is 2.15. The third-order valence-electron chi connectivity index (χ3n) is 4.38. The van der Waals surface area contributed by atoms with Crippen LogP contribution in [0.3, 0.4) is 0 Å². The molecule has 4 nitrogen and oxygen atoms in total. The van der Waals surface area contributed by atoms with Crippen molar-refractivity contribution in [1.29, 1.82) is 0 Å². The van der Waals surface area contributed by atoms with Gasteiger partial charge in [-0.3, -0.25) is 9.59 Å². The van der Waals surface area contributed by atoms with Crippen molar-refractivity contribution in [1.82, 2.24) is 10.2 Å². The third kappa shape index (κ3) is 18.8. The van der Waals surface area contributed by atoms with E-state index in [0.29, 0.717) is 18.9 Å². The van der Waals surface area contributed by atoms with E-state index in [1.165, 1.54) is 28.9 Å². The Labute approximate surface area is 220 Å². The van der Waals surface area contributed by atoms with Gasteiger partial charge in [-0.15, -0.1) is 0 Å². The first kappa shape index (κ1) is 35.0. The van der Waals surface area contributed by atoms with Crippen LogP contribution in [0.15, 0.2) is 29.8 Å². The average molecular weight is 503 g/mol. The fraction of sp³-hybridized carbons (Fsp3) is 0.600. The molecule has 0 aliphatic carbocycles. The van der Waals surface area contributed by atoms with Crippen molar-refractivity contribution in [2.75, 3.05) is 13.1 Å². The van der Waals surface area contributed by atoms with Crippen LogP contribution in [-0.4, -0.2) is 30.3 Å². The predicted octanol–water partition coefficient (Wildman–Crippen LogP) is 7.89. The molecule has 1 fully saturated rings. The summed E-state index contributed by atoms with van der Waals surface area (Å²) in [5.41, 5.74) is 3.52. The van der Waals surface area contributed by atoms with Gasteiger partial charge in [0, 0.05) is 37.4 Å². The molecule has 2 amide bonds. The molecule has 0 spiro atoms. The van der Waals surface area contributed by atoms with Crippen molar-refractivity contribution < 1.29 is 9.59 Å². The van der Waals surface area contributed by atoms with Gasteiger partial charge in [0.1, 0.15) is 0 Å². The minimum atomic E-state index is 0.347. The van der Waals surface area contributed by atoms with Gasteiger partial charge in [0.2, 0.25) is 12.3 Å². The van der Waals surface area contributed by atoms with Crippen LogP contribution < -0.4 is 5.32 Å². The summed E-state index contributed by atoms with van der Waals surface area (Å²) in [6.07, 6.45) is 5.71. The van der Waals surface area contributed by atoms with Gasteiger partial charge >= 0.3 is 0 Å². The first-order valence-electron chi connectivity index (χ1n) is 13.1. The number of amides is 2. The van der Waals surface area contributed by atoms with Crippen LogP contribution in [0.1, 0.15) is 106 Å². The van der Waals surface area contributed by atoms with Crippen LogP contribution in [0.25, 0.3) is 4.91 Å². The van der Waals surface area contributed by atoms with Crippen LogP contribution in [0, 0.1) is 17.1 Å². The van der Waals surface area contributed by atoms with Gasteiger partial charge in [0.25, 0.3) is 0 Å². The van der Waals surface area contributed by atoms with Crippen molar-refractivity contribution >= 4 is 29.0 Å². The maximum absolute atomic E-state index is 11.2. The quantitative estimate of drug-likeness (QED) is 0.305. The summed E-state index contributed by atoms with van der Waals surface area (Å²) in [6, 6.07) is 8.21. The summed E-state index contributed by atoms with van der Waals surface area (Å²) in [7, 11) is 0. The first-order chi connectivity index (χ1) is 16.8. The molecule has 0 saturated carbocycles. The number of rotatable bonds is 7. The molecule has 1 saturated heterocycles. The molecule has 0 unspecified atom stereocenters. The molecule has 198 valence electrons. The summed E-state index contributed by atoms with van der Waals surface area (Å²) in [6.45, 7) is 21.3. The van der Waals surface area contributed by atoms with E-state index in [2.05, 4.69) is 63.2 Å². The number of thioether (sulfide) groups is 1. The summed E-state index contributed by atoms with van der Waals surface area (Å²) in [5, 5.41) is 5.77. The first-order valence-corrected chi connectivity index (χ1v) is 13.9. The number of likely N-dealkylation sites (tertiary alicyclic amines) is 1. The molecule has 35 heavy (non-hydrogen) atoms. The number of hydrogen-bond acceptors (Lipinski definition) is 3. The molecule has 1 heterocycles. The molecule has 1 aliphatic heterocycles. The molecule has 1 aromatic carbocycles. The van der Waals surface area contributed by atoms with Crippen LogP contribution in [0.4, 0.5) is 0 Å². The Morgan fingerprint density at radius 1 is 1.09 bits per heavy atom. The van der Waals surface area contributed by atoms with Crippen LogP contribution in [0.5, 0.6) is 0 Å². The highest BCUT2D eigenvalue weighted by molar-refractivity contribution is 8.12. The second-order valence-corrected chi connectivity index (χ2v) is 9.65. The zero-order valence-corrected chi connectivity index (χ0v) is 24.6. The lowest BCUT2D eigenvalue weighted by Crippen LogP contribution is -2.26. The number of carbonyl (C=O) groups excluding carboxylic acids is 2. The van der Waals surface area contributed by atoms with Crippen molar-refractivity contribution in [2.24, 2.45) is 5.92 Å². The zero-order chi connectivity index (χ0) is 27.1. The molecule has 5 heteroatoms. The van der Waals surface area contributed by atoms with Gasteiger partial charge < -0.3 is 10.2 Å². The van der Waals surface area contributed by atoms with E-state index in [0.717, 1.165) is 43.8 Å². The summed E-state index contributed by atoms with van der Waals surface area (Å²) in [5.74, 6) is 4.25. The SMILES string of the molecule is CC.CC(C)C.CCC#CSC(=C(C)C)c1ccc(CNC=O)cc1.CCCC(=O)N1CCCC1. The second-order valence-electron chi connectivity index (χ2n) is 8.83. The summed E-state index contributed by atoms with van der Waals surface area (Å²) < 4.78 is 0. The topological polar surface area (TPSA) is 49.4 Å². The Balaban J connectivity index is 0. The summed E-state index contributed by atoms with van der Waals surface area (Å²) in [4.78, 5) is 24.6. The van der Waals surface area contributed by atoms with Crippen LogP contribution in [0.2, 0.25) is 0 Å². The van der Waals surface area contributed by atoms with E-state index >= 15 is 0 Å². The Hall–Kier alpha value is -2.19. The van der Waals surface area contributed by atoms with E-state index in [9.17, 15) is 9.59 Å². The maximum Gasteiger partial charge on any atom is 0.222 e. The zero-order valence-electron chi connectivity index (χ0n) is 23.8. The van der Waals surface area contributed by atoms with Gasteiger partial charge in [0.05, 0.1) is 0 Å². The molecule has 2 rings (SSSR count). The van der Waals surface area contributed by atoms with Crippen LogP contribution in [-0.2, 0) is 16.1 Å². The van der Waals surface area contributed by atoms with E-state index in [1.807, 2.05) is 44.7 Å². The lowest BCUT2D eigenvalue weighted by atomic mass is 10.1. The van der Waals surface area contributed by atoms with E-state index in [-0.39, 0.29) is 0 Å². The Morgan fingerprint density at radius 3 is 2.06 bits per heavy atom. The monoisotopic (exact) mass is 502 g/mol.